The second-order valence-corrected chi connectivity index (χ2v) is 5.33. The Labute approximate surface area is 92.7 Å². The molecule has 0 aliphatic rings. The summed E-state index contributed by atoms with van der Waals surface area (Å²) in [5, 5.41) is 0. The summed E-state index contributed by atoms with van der Waals surface area (Å²) in [4.78, 5) is 4.66. The molecule has 0 aliphatic heterocycles. The topological polar surface area (TPSA) is 43.8 Å². The fourth-order valence-corrected chi connectivity index (χ4v) is 1.80. The molecule has 0 amide bonds. The lowest BCUT2D eigenvalue weighted by molar-refractivity contribution is 0.472. The van der Waals surface area contributed by atoms with E-state index in [0.29, 0.717) is 6.04 Å². The minimum atomic E-state index is 0.0474. The summed E-state index contributed by atoms with van der Waals surface area (Å²) in [5.74, 6) is 1.92. The van der Waals surface area contributed by atoms with Gasteiger partial charge in [-0.15, -0.1) is 0 Å². The molecule has 1 aromatic heterocycles. The zero-order valence-corrected chi connectivity index (χ0v) is 10.8. The molecule has 1 aromatic rings. The first-order chi connectivity index (χ1) is 6.79. The Morgan fingerprint density at radius 2 is 1.87 bits per heavy atom. The average Bonchev–Trinajstić information content (AvgIpc) is 2.41. The monoisotopic (exact) mass is 209 g/mol. The number of nitrogens with two attached hydrogens (primary N) is 1. The summed E-state index contributed by atoms with van der Waals surface area (Å²) in [6.07, 6.45) is 0.897. The van der Waals surface area contributed by atoms with Crippen molar-refractivity contribution in [2.24, 2.45) is 0 Å². The van der Waals surface area contributed by atoms with Gasteiger partial charge in [-0.2, -0.15) is 0 Å². The van der Waals surface area contributed by atoms with Crippen LogP contribution in [0.25, 0.3) is 0 Å². The van der Waals surface area contributed by atoms with Crippen molar-refractivity contribution in [3.8, 4) is 0 Å². The van der Waals surface area contributed by atoms with Crippen molar-refractivity contribution in [1.29, 1.82) is 0 Å². The van der Waals surface area contributed by atoms with Gasteiger partial charge >= 0.3 is 0 Å². The molecule has 3 heteroatoms. The van der Waals surface area contributed by atoms with Crippen molar-refractivity contribution in [3.63, 3.8) is 0 Å². The molecule has 2 N–H and O–H groups in total. The molecule has 0 bridgehead atoms. The molecule has 0 atom stereocenters. The molecular formula is C12H23N3. The predicted octanol–water partition coefficient (Wildman–Crippen LogP) is 2.91. The fourth-order valence-electron chi connectivity index (χ4n) is 1.80. The number of anilines is 1. The fraction of sp³-hybridized carbons (Fsp3) is 0.750. The van der Waals surface area contributed by atoms with Gasteiger partial charge < -0.3 is 10.3 Å². The van der Waals surface area contributed by atoms with Crippen LogP contribution in [0.5, 0.6) is 0 Å². The van der Waals surface area contributed by atoms with E-state index in [2.05, 4.69) is 51.1 Å². The Hall–Kier alpha value is -0.990. The van der Waals surface area contributed by atoms with Gasteiger partial charge in [-0.25, -0.2) is 4.98 Å². The maximum atomic E-state index is 6.11. The summed E-state index contributed by atoms with van der Waals surface area (Å²) in [6, 6.07) is 0.368. The average molecular weight is 209 g/mol. The van der Waals surface area contributed by atoms with Crippen molar-refractivity contribution < 1.29 is 0 Å². The molecule has 0 spiro atoms. The lowest BCUT2D eigenvalue weighted by atomic mass is 9.95. The molecule has 0 aromatic carbocycles. The third-order valence-corrected chi connectivity index (χ3v) is 2.55. The number of nitrogens with zero attached hydrogens (tertiary/aromatic N) is 2. The predicted molar refractivity (Wildman–Crippen MR) is 65.1 cm³/mol. The van der Waals surface area contributed by atoms with Gasteiger partial charge in [-0.05, 0) is 20.3 Å². The SMILES string of the molecule is CCc1nc(C(C)(C)C)n(C(C)C)c1N. The van der Waals surface area contributed by atoms with Crippen LogP contribution < -0.4 is 5.73 Å². The minimum Gasteiger partial charge on any atom is -0.384 e. The van der Waals surface area contributed by atoms with Crippen molar-refractivity contribution >= 4 is 5.82 Å². The first-order valence-corrected chi connectivity index (χ1v) is 5.66. The van der Waals surface area contributed by atoms with Crippen LogP contribution in [0.4, 0.5) is 5.82 Å². The number of nitrogen functional groups attached to an aromatic ring is 1. The van der Waals surface area contributed by atoms with Crippen molar-refractivity contribution in [2.45, 2.75) is 59.4 Å². The highest BCUT2D eigenvalue weighted by molar-refractivity contribution is 5.40. The number of hydrogen-bond donors (Lipinski definition) is 1. The maximum absolute atomic E-state index is 6.11. The normalized spacial score (nSPS) is 12.5. The highest BCUT2D eigenvalue weighted by atomic mass is 15.2. The van der Waals surface area contributed by atoms with Gasteiger partial charge in [0.25, 0.3) is 0 Å². The molecule has 15 heavy (non-hydrogen) atoms. The highest BCUT2D eigenvalue weighted by Crippen LogP contribution is 2.29. The first-order valence-electron chi connectivity index (χ1n) is 5.66. The van der Waals surface area contributed by atoms with E-state index < -0.39 is 0 Å². The number of imidazole rings is 1. The van der Waals surface area contributed by atoms with E-state index in [1.54, 1.807) is 0 Å². The lowest BCUT2D eigenvalue weighted by Gasteiger charge is -2.22. The van der Waals surface area contributed by atoms with E-state index in [1.807, 2.05) is 0 Å². The molecular weight excluding hydrogens is 186 g/mol. The summed E-state index contributed by atoms with van der Waals surface area (Å²) < 4.78 is 2.15. The van der Waals surface area contributed by atoms with Crippen molar-refractivity contribution in [3.05, 3.63) is 11.5 Å². The quantitative estimate of drug-likeness (QED) is 0.814. The molecule has 0 saturated heterocycles. The Morgan fingerprint density at radius 1 is 1.33 bits per heavy atom. The highest BCUT2D eigenvalue weighted by Gasteiger charge is 2.25. The maximum Gasteiger partial charge on any atom is 0.127 e. The summed E-state index contributed by atoms with van der Waals surface area (Å²) >= 11 is 0. The Balaban J connectivity index is 3.38. The van der Waals surface area contributed by atoms with Crippen LogP contribution in [0.3, 0.4) is 0 Å². The van der Waals surface area contributed by atoms with Gasteiger partial charge in [0, 0.05) is 11.5 Å². The van der Waals surface area contributed by atoms with Crippen molar-refractivity contribution in [2.75, 3.05) is 5.73 Å². The number of aromatic nitrogens is 2. The number of rotatable bonds is 2. The molecule has 0 saturated carbocycles. The molecule has 0 fully saturated rings. The molecule has 1 heterocycles. The second-order valence-electron chi connectivity index (χ2n) is 5.33. The van der Waals surface area contributed by atoms with Gasteiger partial charge in [0.1, 0.15) is 11.6 Å². The van der Waals surface area contributed by atoms with Gasteiger partial charge in [0.2, 0.25) is 0 Å². The molecule has 0 unspecified atom stereocenters. The third-order valence-electron chi connectivity index (χ3n) is 2.55. The van der Waals surface area contributed by atoms with E-state index in [1.165, 1.54) is 0 Å². The van der Waals surface area contributed by atoms with Crippen LogP contribution in [0.1, 0.15) is 59.1 Å². The standard InChI is InChI=1S/C12H23N3/c1-7-9-10(13)15(8(2)3)11(14-9)12(4,5)6/h8H,7,13H2,1-6H3. The Kier molecular flexibility index (Phi) is 3.12. The molecule has 1 rings (SSSR count). The molecule has 0 aliphatic carbocycles. The molecule has 0 radical (unpaired) electrons. The van der Waals surface area contributed by atoms with Crippen molar-refractivity contribution in [1.82, 2.24) is 9.55 Å². The van der Waals surface area contributed by atoms with Crippen LogP contribution in [0, 0.1) is 0 Å². The minimum absolute atomic E-state index is 0.0474. The number of aryl methyl sites for hydroxylation is 1. The third kappa shape index (κ3) is 2.16. The first kappa shape index (κ1) is 12.1. The van der Waals surface area contributed by atoms with Crippen LogP contribution in [-0.2, 0) is 11.8 Å². The summed E-state index contributed by atoms with van der Waals surface area (Å²) in [5.41, 5.74) is 7.18. The van der Waals surface area contributed by atoms with E-state index in [-0.39, 0.29) is 5.41 Å². The van der Waals surface area contributed by atoms with Gasteiger partial charge in [-0.3, -0.25) is 0 Å². The van der Waals surface area contributed by atoms with Crippen LogP contribution in [0.15, 0.2) is 0 Å². The van der Waals surface area contributed by atoms with Crippen LogP contribution in [-0.4, -0.2) is 9.55 Å². The van der Waals surface area contributed by atoms with E-state index >= 15 is 0 Å². The largest absolute Gasteiger partial charge is 0.384 e. The van der Waals surface area contributed by atoms with Gasteiger partial charge in [-0.1, -0.05) is 27.7 Å². The van der Waals surface area contributed by atoms with E-state index in [9.17, 15) is 0 Å². The Morgan fingerprint density at radius 3 is 2.13 bits per heavy atom. The Bertz CT molecular complexity index is 342. The molecule has 86 valence electrons. The summed E-state index contributed by atoms with van der Waals surface area (Å²) in [7, 11) is 0. The van der Waals surface area contributed by atoms with E-state index in [4.69, 9.17) is 5.73 Å². The van der Waals surface area contributed by atoms with Gasteiger partial charge in [0.05, 0.1) is 5.69 Å². The summed E-state index contributed by atoms with van der Waals surface area (Å²) in [6.45, 7) is 12.9. The van der Waals surface area contributed by atoms with Crippen LogP contribution in [0.2, 0.25) is 0 Å². The zero-order valence-electron chi connectivity index (χ0n) is 10.8. The second kappa shape index (κ2) is 3.87. The number of hydrogen-bond acceptors (Lipinski definition) is 2. The lowest BCUT2D eigenvalue weighted by Crippen LogP contribution is -2.21. The smallest absolute Gasteiger partial charge is 0.127 e. The van der Waals surface area contributed by atoms with Gasteiger partial charge in [0.15, 0.2) is 0 Å². The zero-order chi connectivity index (χ0) is 11.8. The van der Waals surface area contributed by atoms with Crippen LogP contribution >= 0.6 is 0 Å². The van der Waals surface area contributed by atoms with E-state index in [0.717, 1.165) is 23.8 Å². The molecule has 3 nitrogen and oxygen atoms in total.